The summed E-state index contributed by atoms with van der Waals surface area (Å²) in [6, 6.07) is 2.13. The number of alkyl halides is 1. The smallest absolute Gasteiger partial charge is 0.348 e. The van der Waals surface area contributed by atoms with E-state index in [1.807, 2.05) is 0 Å². The van der Waals surface area contributed by atoms with Crippen molar-refractivity contribution in [3.63, 3.8) is 0 Å². The maximum Gasteiger partial charge on any atom is 0.348 e. The van der Waals surface area contributed by atoms with Gasteiger partial charge >= 0.3 is 5.69 Å². The molecule has 1 aliphatic rings. The van der Waals surface area contributed by atoms with E-state index >= 15 is 0 Å². The molecule has 3 rings (SSSR count). The minimum absolute atomic E-state index is 0.273. The van der Waals surface area contributed by atoms with Gasteiger partial charge in [-0.05, 0) is 18.8 Å². The van der Waals surface area contributed by atoms with E-state index in [4.69, 9.17) is 11.6 Å². The average molecular weight is 282 g/mol. The standard InChI is InChI=1S/C12H16ClN5O/c13-6-8-3-1-2-4-9(8)15-10-5-11-16-17-12(19)18(11)7-14-10/h5,7-9,15H,1-4,6H2,(H,17,19). The molecule has 6 nitrogen and oxygen atoms in total. The highest BCUT2D eigenvalue weighted by atomic mass is 35.5. The summed E-state index contributed by atoms with van der Waals surface area (Å²) >= 11 is 6.02. The molecular formula is C12H16ClN5O. The normalized spacial score (nSPS) is 23.6. The Hall–Kier alpha value is -1.56. The molecule has 2 unspecified atom stereocenters. The van der Waals surface area contributed by atoms with Crippen LogP contribution in [0, 0.1) is 5.92 Å². The van der Waals surface area contributed by atoms with Crippen LogP contribution in [-0.4, -0.2) is 31.5 Å². The van der Waals surface area contributed by atoms with Gasteiger partial charge in [0.2, 0.25) is 0 Å². The second kappa shape index (κ2) is 5.21. The lowest BCUT2D eigenvalue weighted by Crippen LogP contribution is -2.33. The van der Waals surface area contributed by atoms with Crippen LogP contribution in [0.5, 0.6) is 0 Å². The fourth-order valence-electron chi connectivity index (χ4n) is 2.66. The van der Waals surface area contributed by atoms with E-state index in [0.29, 0.717) is 23.5 Å². The highest BCUT2D eigenvalue weighted by Crippen LogP contribution is 2.27. The van der Waals surface area contributed by atoms with Gasteiger partial charge in [0.05, 0.1) is 0 Å². The molecule has 2 heterocycles. The van der Waals surface area contributed by atoms with Crippen molar-refractivity contribution in [2.24, 2.45) is 5.92 Å². The third kappa shape index (κ3) is 2.45. The Bertz CT molecular complexity index is 622. The Morgan fingerprint density at radius 3 is 3.16 bits per heavy atom. The van der Waals surface area contributed by atoms with Crippen molar-refractivity contribution in [3.8, 4) is 0 Å². The molecule has 0 bridgehead atoms. The van der Waals surface area contributed by atoms with Gasteiger partial charge in [-0.3, -0.25) is 0 Å². The first-order chi connectivity index (χ1) is 9.28. The number of rotatable bonds is 3. The van der Waals surface area contributed by atoms with Crippen LogP contribution in [0.25, 0.3) is 5.65 Å². The molecule has 1 aliphatic carbocycles. The third-order valence-corrected chi connectivity index (χ3v) is 4.15. The lowest BCUT2D eigenvalue weighted by Gasteiger charge is -2.31. The highest BCUT2D eigenvalue weighted by Gasteiger charge is 2.24. The van der Waals surface area contributed by atoms with Gasteiger partial charge in [0.15, 0.2) is 5.65 Å². The summed E-state index contributed by atoms with van der Waals surface area (Å²) in [6.07, 6.45) is 6.22. The summed E-state index contributed by atoms with van der Waals surface area (Å²) in [7, 11) is 0. The first-order valence-corrected chi connectivity index (χ1v) is 7.06. The Morgan fingerprint density at radius 1 is 1.47 bits per heavy atom. The van der Waals surface area contributed by atoms with E-state index in [1.54, 1.807) is 6.07 Å². The predicted molar refractivity (Wildman–Crippen MR) is 73.7 cm³/mol. The fraction of sp³-hybridized carbons (Fsp3) is 0.583. The average Bonchev–Trinajstić information content (AvgIpc) is 2.81. The van der Waals surface area contributed by atoms with Crippen LogP contribution >= 0.6 is 11.6 Å². The molecule has 0 amide bonds. The third-order valence-electron chi connectivity index (χ3n) is 3.75. The zero-order valence-corrected chi connectivity index (χ0v) is 11.2. The van der Waals surface area contributed by atoms with Gasteiger partial charge < -0.3 is 5.32 Å². The number of nitrogens with one attached hydrogen (secondary N) is 2. The number of hydrogen-bond donors (Lipinski definition) is 2. The first kappa shape index (κ1) is 12.5. The van der Waals surface area contributed by atoms with Crippen LogP contribution in [0.4, 0.5) is 5.82 Å². The van der Waals surface area contributed by atoms with Crippen molar-refractivity contribution in [1.29, 1.82) is 0 Å². The lowest BCUT2D eigenvalue weighted by molar-refractivity contribution is 0.352. The number of H-pyrrole nitrogens is 1. The molecule has 102 valence electrons. The van der Waals surface area contributed by atoms with Crippen LogP contribution < -0.4 is 11.0 Å². The van der Waals surface area contributed by atoms with Gasteiger partial charge in [-0.25, -0.2) is 19.3 Å². The first-order valence-electron chi connectivity index (χ1n) is 6.53. The summed E-state index contributed by atoms with van der Waals surface area (Å²) in [4.78, 5) is 15.6. The largest absolute Gasteiger partial charge is 0.367 e. The number of aromatic nitrogens is 4. The van der Waals surface area contributed by atoms with Crippen molar-refractivity contribution in [2.75, 3.05) is 11.2 Å². The zero-order chi connectivity index (χ0) is 13.2. The fourth-order valence-corrected chi connectivity index (χ4v) is 3.03. The number of hydrogen-bond acceptors (Lipinski definition) is 4. The molecule has 0 saturated heterocycles. The van der Waals surface area contributed by atoms with Gasteiger partial charge in [0.25, 0.3) is 0 Å². The summed E-state index contributed by atoms with van der Waals surface area (Å²) in [5, 5.41) is 9.74. The second-order valence-electron chi connectivity index (χ2n) is 4.98. The van der Waals surface area contributed by atoms with Crippen molar-refractivity contribution in [1.82, 2.24) is 19.6 Å². The molecule has 2 aromatic heterocycles. The van der Waals surface area contributed by atoms with Crippen LogP contribution in [-0.2, 0) is 0 Å². The minimum atomic E-state index is -0.273. The molecule has 2 aromatic rings. The number of halogens is 1. The highest BCUT2D eigenvalue weighted by molar-refractivity contribution is 6.18. The molecule has 0 radical (unpaired) electrons. The maximum absolute atomic E-state index is 11.3. The molecule has 0 spiro atoms. The SMILES string of the molecule is O=c1[nH]nc2cc(NC3CCCCC3CCl)ncn12. The van der Waals surface area contributed by atoms with Gasteiger partial charge in [0.1, 0.15) is 12.1 Å². The molecule has 19 heavy (non-hydrogen) atoms. The molecule has 0 aromatic carbocycles. The predicted octanol–water partition coefficient (Wildman–Crippen LogP) is 1.63. The number of anilines is 1. The Kier molecular flexibility index (Phi) is 3.42. The molecule has 7 heteroatoms. The summed E-state index contributed by atoms with van der Waals surface area (Å²) in [5.74, 6) is 1.89. The quantitative estimate of drug-likeness (QED) is 0.839. The van der Waals surface area contributed by atoms with Gasteiger partial charge in [0, 0.05) is 18.0 Å². The molecule has 2 atom stereocenters. The Morgan fingerprint density at radius 2 is 2.32 bits per heavy atom. The molecule has 1 saturated carbocycles. The van der Waals surface area contributed by atoms with E-state index in [-0.39, 0.29) is 5.69 Å². The monoisotopic (exact) mass is 281 g/mol. The van der Waals surface area contributed by atoms with Gasteiger partial charge in [-0.1, -0.05) is 12.8 Å². The number of fused-ring (bicyclic) bond motifs is 1. The van der Waals surface area contributed by atoms with E-state index in [2.05, 4.69) is 20.5 Å². The van der Waals surface area contributed by atoms with Crippen LogP contribution in [0.3, 0.4) is 0 Å². The van der Waals surface area contributed by atoms with Crippen LogP contribution in [0.15, 0.2) is 17.2 Å². The van der Waals surface area contributed by atoms with Crippen LogP contribution in [0.2, 0.25) is 0 Å². The van der Waals surface area contributed by atoms with Gasteiger partial charge in [-0.15, -0.1) is 11.6 Å². The molecule has 2 N–H and O–H groups in total. The van der Waals surface area contributed by atoms with Gasteiger partial charge in [-0.2, -0.15) is 5.10 Å². The molecule has 1 fully saturated rings. The Balaban J connectivity index is 1.82. The van der Waals surface area contributed by atoms with E-state index < -0.39 is 0 Å². The summed E-state index contributed by atoms with van der Waals surface area (Å²) in [5.41, 5.74) is 0.297. The van der Waals surface area contributed by atoms with Crippen molar-refractivity contribution < 1.29 is 0 Å². The topological polar surface area (TPSA) is 75.1 Å². The molecular weight excluding hydrogens is 266 g/mol. The Labute approximate surface area is 115 Å². The summed E-state index contributed by atoms with van der Waals surface area (Å²) < 4.78 is 1.38. The molecule has 0 aliphatic heterocycles. The van der Waals surface area contributed by atoms with Crippen molar-refractivity contribution >= 4 is 23.1 Å². The minimum Gasteiger partial charge on any atom is -0.367 e. The van der Waals surface area contributed by atoms with Crippen LogP contribution in [0.1, 0.15) is 25.7 Å². The van der Waals surface area contributed by atoms with E-state index in [0.717, 1.165) is 18.7 Å². The zero-order valence-electron chi connectivity index (χ0n) is 10.5. The van der Waals surface area contributed by atoms with Crippen molar-refractivity contribution in [2.45, 2.75) is 31.7 Å². The second-order valence-corrected chi connectivity index (χ2v) is 5.29. The maximum atomic E-state index is 11.3. The number of nitrogens with zero attached hydrogens (tertiary/aromatic N) is 3. The lowest BCUT2D eigenvalue weighted by atomic mass is 9.86. The van der Waals surface area contributed by atoms with E-state index in [9.17, 15) is 4.79 Å². The van der Waals surface area contributed by atoms with Crippen molar-refractivity contribution in [3.05, 3.63) is 22.9 Å². The van der Waals surface area contributed by atoms with E-state index in [1.165, 1.54) is 23.6 Å². The summed E-state index contributed by atoms with van der Waals surface area (Å²) in [6.45, 7) is 0. The number of aromatic amines is 1.